The number of amides is 2. The Morgan fingerprint density at radius 1 is 1.24 bits per heavy atom. The SMILES string of the molecule is CN(CC1CCCN(C(=O)c2ccccc2SC(F)(F)F)C1)C(=O)OC(C)(C)C. The van der Waals surface area contributed by atoms with Gasteiger partial charge in [0.25, 0.3) is 5.91 Å². The van der Waals surface area contributed by atoms with Crippen molar-refractivity contribution in [2.45, 2.75) is 49.6 Å². The molecule has 1 aliphatic heterocycles. The Kier molecular flexibility index (Phi) is 7.48. The Morgan fingerprint density at radius 3 is 2.52 bits per heavy atom. The van der Waals surface area contributed by atoms with Crippen molar-refractivity contribution < 1.29 is 27.5 Å². The van der Waals surface area contributed by atoms with E-state index in [9.17, 15) is 22.8 Å². The second kappa shape index (κ2) is 9.28. The van der Waals surface area contributed by atoms with Crippen molar-refractivity contribution in [2.75, 3.05) is 26.7 Å². The molecule has 1 fully saturated rings. The molecule has 5 nitrogen and oxygen atoms in total. The molecule has 0 saturated carbocycles. The molecule has 2 amide bonds. The maximum atomic E-state index is 12.9. The fourth-order valence-corrected chi connectivity index (χ4v) is 3.89. The molecule has 1 saturated heterocycles. The first-order chi connectivity index (χ1) is 13.4. The molecule has 2 rings (SSSR count). The highest BCUT2D eigenvalue weighted by Crippen LogP contribution is 2.39. The number of alkyl halides is 3. The topological polar surface area (TPSA) is 49.9 Å². The Hall–Kier alpha value is -1.90. The number of nitrogens with zero attached hydrogens (tertiary/aromatic N) is 2. The third-order valence-electron chi connectivity index (χ3n) is 4.39. The second-order valence-electron chi connectivity index (χ2n) is 8.16. The first-order valence-corrected chi connectivity index (χ1v) is 10.3. The predicted octanol–water partition coefficient (Wildman–Crippen LogP) is 5.02. The number of likely N-dealkylation sites (tertiary alicyclic amines) is 1. The zero-order valence-electron chi connectivity index (χ0n) is 17.1. The third kappa shape index (κ3) is 7.45. The summed E-state index contributed by atoms with van der Waals surface area (Å²) in [6.07, 6.45) is 1.12. The van der Waals surface area contributed by atoms with Crippen LogP contribution in [-0.4, -0.2) is 59.6 Å². The van der Waals surface area contributed by atoms with E-state index in [1.165, 1.54) is 23.1 Å². The van der Waals surface area contributed by atoms with E-state index >= 15 is 0 Å². The summed E-state index contributed by atoms with van der Waals surface area (Å²) in [6.45, 7) is 6.65. The van der Waals surface area contributed by atoms with Gasteiger partial charge in [-0.15, -0.1) is 0 Å². The number of carbonyl (C=O) groups excluding carboxylic acids is 2. The van der Waals surface area contributed by atoms with Crippen LogP contribution in [0.25, 0.3) is 0 Å². The third-order valence-corrected chi connectivity index (χ3v) is 5.19. The molecule has 1 aromatic rings. The van der Waals surface area contributed by atoms with Crippen molar-refractivity contribution >= 4 is 23.8 Å². The van der Waals surface area contributed by atoms with Gasteiger partial charge in [-0.25, -0.2) is 4.79 Å². The molecule has 0 aliphatic carbocycles. The van der Waals surface area contributed by atoms with Gasteiger partial charge in [0.2, 0.25) is 0 Å². The Balaban J connectivity index is 2.04. The van der Waals surface area contributed by atoms with E-state index in [0.29, 0.717) is 19.6 Å². The van der Waals surface area contributed by atoms with E-state index in [4.69, 9.17) is 4.74 Å². The standard InChI is InChI=1S/C20H27F3N2O3S/c1-19(2,3)28-18(27)24(4)12-14-8-7-11-25(13-14)17(26)15-9-5-6-10-16(15)29-20(21,22)23/h5-6,9-10,14H,7-8,11-13H2,1-4H3. The number of rotatable bonds is 4. The van der Waals surface area contributed by atoms with Crippen LogP contribution in [0.1, 0.15) is 44.0 Å². The molecule has 0 bridgehead atoms. The molecule has 0 radical (unpaired) electrons. The fraction of sp³-hybridized carbons (Fsp3) is 0.600. The summed E-state index contributed by atoms with van der Waals surface area (Å²) in [5, 5.41) is 0. The largest absolute Gasteiger partial charge is 0.446 e. The molecular formula is C20H27F3N2O3S. The molecule has 0 N–H and O–H groups in total. The molecule has 29 heavy (non-hydrogen) atoms. The van der Waals surface area contributed by atoms with Gasteiger partial charge in [-0.1, -0.05) is 12.1 Å². The number of ether oxygens (including phenoxy) is 1. The zero-order chi connectivity index (χ0) is 21.8. The van der Waals surface area contributed by atoms with Gasteiger partial charge in [0.05, 0.1) is 5.56 Å². The van der Waals surface area contributed by atoms with Gasteiger partial charge < -0.3 is 14.5 Å². The molecular weight excluding hydrogens is 405 g/mol. The van der Waals surface area contributed by atoms with Gasteiger partial charge in [-0.3, -0.25) is 4.79 Å². The van der Waals surface area contributed by atoms with Crippen molar-refractivity contribution in [1.82, 2.24) is 9.80 Å². The summed E-state index contributed by atoms with van der Waals surface area (Å²) in [5.41, 5.74) is -5.01. The molecule has 1 atom stereocenters. The lowest BCUT2D eigenvalue weighted by molar-refractivity contribution is -0.0328. The van der Waals surface area contributed by atoms with Gasteiger partial charge in [0, 0.05) is 31.6 Å². The molecule has 1 aliphatic rings. The Labute approximate surface area is 173 Å². The molecule has 9 heteroatoms. The molecule has 1 aromatic carbocycles. The molecule has 1 heterocycles. The fourth-order valence-electron chi connectivity index (χ4n) is 3.23. The van der Waals surface area contributed by atoms with E-state index in [1.807, 2.05) is 0 Å². The summed E-state index contributed by atoms with van der Waals surface area (Å²) in [4.78, 5) is 28.0. The van der Waals surface area contributed by atoms with Crippen molar-refractivity contribution in [1.29, 1.82) is 0 Å². The predicted molar refractivity (Wildman–Crippen MR) is 106 cm³/mol. The smallest absolute Gasteiger partial charge is 0.444 e. The maximum Gasteiger partial charge on any atom is 0.446 e. The number of benzene rings is 1. The summed E-state index contributed by atoms with van der Waals surface area (Å²) in [5.74, 6) is -0.380. The summed E-state index contributed by atoms with van der Waals surface area (Å²) in [7, 11) is 1.64. The molecule has 162 valence electrons. The van der Waals surface area contributed by atoms with Crippen LogP contribution in [0, 0.1) is 5.92 Å². The normalized spacial score (nSPS) is 17.8. The number of carbonyl (C=O) groups is 2. The lowest BCUT2D eigenvalue weighted by Crippen LogP contribution is -2.45. The van der Waals surface area contributed by atoms with Crippen LogP contribution in [0.15, 0.2) is 29.2 Å². The highest BCUT2D eigenvalue weighted by Gasteiger charge is 2.33. The van der Waals surface area contributed by atoms with Gasteiger partial charge in [-0.2, -0.15) is 13.2 Å². The average Bonchev–Trinajstić information content (AvgIpc) is 2.59. The van der Waals surface area contributed by atoms with Crippen LogP contribution in [0.5, 0.6) is 0 Å². The minimum atomic E-state index is -4.46. The number of thioether (sulfide) groups is 1. The Bertz CT molecular complexity index is 734. The molecule has 0 aromatic heterocycles. The summed E-state index contributed by atoms with van der Waals surface area (Å²) >= 11 is -0.277. The monoisotopic (exact) mass is 432 g/mol. The number of hydrogen-bond acceptors (Lipinski definition) is 4. The summed E-state index contributed by atoms with van der Waals surface area (Å²) in [6, 6.07) is 5.78. The molecule has 1 unspecified atom stereocenters. The van der Waals surface area contributed by atoms with Crippen LogP contribution in [0.2, 0.25) is 0 Å². The van der Waals surface area contributed by atoms with E-state index in [-0.39, 0.29) is 28.1 Å². The van der Waals surface area contributed by atoms with Gasteiger partial charge in [0.1, 0.15) is 5.60 Å². The lowest BCUT2D eigenvalue weighted by Gasteiger charge is -2.35. The van der Waals surface area contributed by atoms with Crippen LogP contribution in [-0.2, 0) is 4.74 Å². The lowest BCUT2D eigenvalue weighted by atomic mass is 9.97. The van der Waals surface area contributed by atoms with Gasteiger partial charge >= 0.3 is 11.6 Å². The van der Waals surface area contributed by atoms with E-state index in [2.05, 4.69) is 0 Å². The van der Waals surface area contributed by atoms with Crippen LogP contribution in [0.4, 0.5) is 18.0 Å². The zero-order valence-corrected chi connectivity index (χ0v) is 17.9. The average molecular weight is 433 g/mol. The minimum absolute atomic E-state index is 0.0349. The first-order valence-electron chi connectivity index (χ1n) is 9.44. The highest BCUT2D eigenvalue weighted by molar-refractivity contribution is 8.00. The minimum Gasteiger partial charge on any atom is -0.444 e. The quantitative estimate of drug-likeness (QED) is 0.627. The van der Waals surface area contributed by atoms with Gasteiger partial charge in [0.15, 0.2) is 0 Å². The van der Waals surface area contributed by atoms with E-state index in [1.54, 1.807) is 38.8 Å². The first kappa shape index (κ1) is 23.4. The van der Waals surface area contributed by atoms with Gasteiger partial charge in [-0.05, 0) is 63.4 Å². The second-order valence-corrected chi connectivity index (χ2v) is 9.27. The number of hydrogen-bond donors (Lipinski definition) is 0. The molecule has 0 spiro atoms. The summed E-state index contributed by atoms with van der Waals surface area (Å²) < 4.78 is 43.8. The highest BCUT2D eigenvalue weighted by atomic mass is 32.2. The van der Waals surface area contributed by atoms with Crippen LogP contribution in [0.3, 0.4) is 0 Å². The van der Waals surface area contributed by atoms with Crippen molar-refractivity contribution in [3.8, 4) is 0 Å². The van der Waals surface area contributed by atoms with E-state index in [0.717, 1.165) is 12.8 Å². The van der Waals surface area contributed by atoms with E-state index < -0.39 is 23.1 Å². The van der Waals surface area contributed by atoms with Crippen LogP contribution < -0.4 is 0 Å². The number of piperidine rings is 1. The van der Waals surface area contributed by atoms with Crippen molar-refractivity contribution in [2.24, 2.45) is 5.92 Å². The Morgan fingerprint density at radius 2 is 1.90 bits per heavy atom. The number of halogens is 3. The van der Waals surface area contributed by atoms with Crippen molar-refractivity contribution in [3.05, 3.63) is 29.8 Å². The van der Waals surface area contributed by atoms with Crippen molar-refractivity contribution in [3.63, 3.8) is 0 Å². The maximum absolute atomic E-state index is 12.9. The van der Waals surface area contributed by atoms with Crippen LogP contribution >= 0.6 is 11.8 Å².